The molecule has 25 heavy (non-hydrogen) atoms. The molecular formula is C20H27N3O2. The van der Waals surface area contributed by atoms with Gasteiger partial charge in [-0.05, 0) is 32.5 Å². The number of rotatable bonds is 1. The van der Waals surface area contributed by atoms with Gasteiger partial charge in [-0.3, -0.25) is 9.59 Å². The summed E-state index contributed by atoms with van der Waals surface area (Å²) in [6.45, 7) is 4.77. The van der Waals surface area contributed by atoms with Gasteiger partial charge in [0, 0.05) is 44.8 Å². The predicted molar refractivity (Wildman–Crippen MR) is 96.6 cm³/mol. The zero-order chi connectivity index (χ0) is 17.6. The van der Waals surface area contributed by atoms with Crippen molar-refractivity contribution in [3.05, 3.63) is 35.4 Å². The Morgan fingerprint density at radius 3 is 2.56 bits per heavy atom. The molecule has 1 aromatic rings. The number of ketones is 1. The highest BCUT2D eigenvalue weighted by Gasteiger charge is 2.56. The van der Waals surface area contributed by atoms with Crippen LogP contribution in [-0.2, 0) is 11.2 Å². The van der Waals surface area contributed by atoms with Crippen molar-refractivity contribution in [1.29, 1.82) is 0 Å². The first-order valence-corrected chi connectivity index (χ1v) is 9.30. The number of likely N-dealkylation sites (N-methyl/N-ethyl adjacent to an activating group) is 1. The Morgan fingerprint density at radius 1 is 1.08 bits per heavy atom. The maximum Gasteiger partial charge on any atom is 0.228 e. The molecule has 0 aromatic heterocycles. The third kappa shape index (κ3) is 2.70. The minimum absolute atomic E-state index is 0.185. The maximum atomic E-state index is 13.4. The minimum atomic E-state index is -0.538. The first kappa shape index (κ1) is 16.7. The molecule has 1 aromatic carbocycles. The smallest absolute Gasteiger partial charge is 0.228 e. The van der Waals surface area contributed by atoms with Crippen molar-refractivity contribution >= 4 is 11.7 Å². The van der Waals surface area contributed by atoms with E-state index in [0.717, 1.165) is 50.1 Å². The molecule has 1 spiro atoms. The van der Waals surface area contributed by atoms with Crippen LogP contribution in [0, 0.1) is 11.3 Å². The summed E-state index contributed by atoms with van der Waals surface area (Å²) in [7, 11) is 4.13. The van der Waals surface area contributed by atoms with E-state index < -0.39 is 5.41 Å². The predicted octanol–water partition coefficient (Wildman–Crippen LogP) is 1.14. The molecule has 5 nitrogen and oxygen atoms in total. The van der Waals surface area contributed by atoms with Crippen molar-refractivity contribution in [3.8, 4) is 0 Å². The van der Waals surface area contributed by atoms with Crippen molar-refractivity contribution in [1.82, 2.24) is 14.7 Å². The van der Waals surface area contributed by atoms with Gasteiger partial charge in [0.2, 0.25) is 5.91 Å². The number of hydrogen-bond acceptors (Lipinski definition) is 4. The average molecular weight is 341 g/mol. The number of amides is 1. The number of hydrogen-bond donors (Lipinski definition) is 0. The largest absolute Gasteiger partial charge is 0.340 e. The van der Waals surface area contributed by atoms with Crippen LogP contribution in [0.15, 0.2) is 24.3 Å². The van der Waals surface area contributed by atoms with Gasteiger partial charge >= 0.3 is 0 Å². The van der Waals surface area contributed by atoms with Crippen LogP contribution in [0.25, 0.3) is 0 Å². The van der Waals surface area contributed by atoms with Gasteiger partial charge in [0.25, 0.3) is 0 Å². The van der Waals surface area contributed by atoms with Gasteiger partial charge in [-0.15, -0.1) is 0 Å². The number of likely N-dealkylation sites (tertiary alicyclic amines) is 1. The lowest BCUT2D eigenvalue weighted by molar-refractivity contribution is -0.139. The molecule has 2 saturated heterocycles. The van der Waals surface area contributed by atoms with Crippen LogP contribution < -0.4 is 0 Å². The van der Waals surface area contributed by atoms with E-state index in [9.17, 15) is 9.59 Å². The van der Waals surface area contributed by atoms with Crippen molar-refractivity contribution in [2.24, 2.45) is 11.3 Å². The van der Waals surface area contributed by atoms with Crippen molar-refractivity contribution in [3.63, 3.8) is 0 Å². The molecule has 2 aliphatic heterocycles. The quantitative estimate of drug-likeness (QED) is 0.768. The van der Waals surface area contributed by atoms with E-state index in [0.29, 0.717) is 13.1 Å². The van der Waals surface area contributed by atoms with Crippen LogP contribution in [0.1, 0.15) is 22.3 Å². The summed E-state index contributed by atoms with van der Waals surface area (Å²) < 4.78 is 0. The molecule has 2 heterocycles. The van der Waals surface area contributed by atoms with Crippen molar-refractivity contribution in [2.75, 3.05) is 53.4 Å². The molecule has 0 radical (unpaired) electrons. The molecule has 134 valence electrons. The lowest BCUT2D eigenvalue weighted by Crippen LogP contribution is -2.54. The molecule has 1 aliphatic carbocycles. The van der Waals surface area contributed by atoms with Crippen molar-refractivity contribution in [2.45, 2.75) is 12.8 Å². The fourth-order valence-corrected chi connectivity index (χ4v) is 4.89. The van der Waals surface area contributed by atoms with Gasteiger partial charge in [0.1, 0.15) is 0 Å². The second-order valence-corrected chi connectivity index (χ2v) is 8.02. The van der Waals surface area contributed by atoms with Crippen LogP contribution in [0.4, 0.5) is 0 Å². The van der Waals surface area contributed by atoms with Gasteiger partial charge in [-0.2, -0.15) is 0 Å². The van der Waals surface area contributed by atoms with Crippen LogP contribution >= 0.6 is 0 Å². The molecule has 5 heteroatoms. The number of aryl methyl sites for hydroxylation is 1. The fourth-order valence-electron chi connectivity index (χ4n) is 4.89. The summed E-state index contributed by atoms with van der Waals surface area (Å²) in [6, 6.07) is 7.92. The molecule has 4 rings (SSSR count). The van der Waals surface area contributed by atoms with E-state index in [1.807, 2.05) is 30.1 Å². The lowest BCUT2D eigenvalue weighted by Gasteiger charge is -2.40. The zero-order valence-electron chi connectivity index (χ0n) is 15.2. The Hall–Kier alpha value is -1.72. The summed E-state index contributed by atoms with van der Waals surface area (Å²) in [5.41, 5.74) is 1.43. The third-order valence-electron chi connectivity index (χ3n) is 6.38. The van der Waals surface area contributed by atoms with Crippen LogP contribution in [0.5, 0.6) is 0 Å². The SMILES string of the molecule is CN1CCN(C(=O)[C@@H]2CN(C)C[C@]23CCc2ccccc2C3=O)CC1. The lowest BCUT2D eigenvalue weighted by atomic mass is 9.64. The Labute approximate surface area is 149 Å². The topological polar surface area (TPSA) is 43.9 Å². The van der Waals surface area contributed by atoms with E-state index in [1.54, 1.807) is 0 Å². The number of carbonyl (C=O) groups excluding carboxylic acids is 2. The number of carbonyl (C=O) groups is 2. The molecular weight excluding hydrogens is 314 g/mol. The molecule has 1 amide bonds. The van der Waals surface area contributed by atoms with Gasteiger partial charge in [-0.25, -0.2) is 0 Å². The van der Waals surface area contributed by atoms with Gasteiger partial charge in [0.15, 0.2) is 5.78 Å². The molecule has 0 bridgehead atoms. The van der Waals surface area contributed by atoms with Gasteiger partial charge in [-0.1, -0.05) is 24.3 Å². The maximum absolute atomic E-state index is 13.4. The van der Waals surface area contributed by atoms with E-state index in [1.165, 1.54) is 0 Å². The zero-order valence-corrected chi connectivity index (χ0v) is 15.2. The normalized spacial score (nSPS) is 30.7. The van der Waals surface area contributed by atoms with Gasteiger partial charge in [0.05, 0.1) is 11.3 Å². The Bertz CT molecular complexity index is 696. The number of benzene rings is 1. The molecule has 0 N–H and O–H groups in total. The van der Waals surface area contributed by atoms with E-state index in [4.69, 9.17) is 0 Å². The summed E-state index contributed by atoms with van der Waals surface area (Å²) in [4.78, 5) is 33.2. The van der Waals surface area contributed by atoms with Gasteiger partial charge < -0.3 is 14.7 Å². The number of Topliss-reactive ketones (excluding diaryl/α,β-unsaturated/α-hetero) is 1. The summed E-state index contributed by atoms with van der Waals surface area (Å²) >= 11 is 0. The van der Waals surface area contributed by atoms with Crippen LogP contribution in [-0.4, -0.2) is 79.8 Å². The van der Waals surface area contributed by atoms with Crippen molar-refractivity contribution < 1.29 is 9.59 Å². The first-order valence-electron chi connectivity index (χ1n) is 9.30. The second kappa shape index (κ2) is 6.22. The average Bonchev–Trinajstić information content (AvgIpc) is 2.96. The van der Waals surface area contributed by atoms with Crippen LogP contribution in [0.3, 0.4) is 0 Å². The highest BCUT2D eigenvalue weighted by molar-refractivity contribution is 6.06. The Kier molecular flexibility index (Phi) is 4.16. The number of piperazine rings is 1. The standard InChI is InChI=1S/C20H27N3O2/c1-21-9-11-23(12-10-21)19(25)17-13-22(2)14-20(17)8-7-15-5-3-4-6-16(15)18(20)24/h3-6,17H,7-14H2,1-2H3/t17-,20+/m0/s1. The summed E-state index contributed by atoms with van der Waals surface area (Å²) in [5.74, 6) is 0.165. The molecule has 2 fully saturated rings. The minimum Gasteiger partial charge on any atom is -0.340 e. The Morgan fingerprint density at radius 2 is 1.80 bits per heavy atom. The van der Waals surface area contributed by atoms with E-state index in [-0.39, 0.29) is 17.6 Å². The number of fused-ring (bicyclic) bond motifs is 1. The van der Waals surface area contributed by atoms with Crippen LogP contribution in [0.2, 0.25) is 0 Å². The summed E-state index contributed by atoms with van der Waals surface area (Å²) in [6.07, 6.45) is 1.68. The first-order chi connectivity index (χ1) is 12.0. The molecule has 0 saturated carbocycles. The van der Waals surface area contributed by atoms with E-state index >= 15 is 0 Å². The number of nitrogens with zero attached hydrogens (tertiary/aromatic N) is 3. The second-order valence-electron chi connectivity index (χ2n) is 8.02. The molecule has 2 atom stereocenters. The molecule has 0 unspecified atom stereocenters. The highest BCUT2D eigenvalue weighted by atomic mass is 16.2. The fraction of sp³-hybridized carbons (Fsp3) is 0.600. The Balaban J connectivity index is 1.64. The third-order valence-corrected chi connectivity index (χ3v) is 6.38. The van der Waals surface area contributed by atoms with E-state index in [2.05, 4.69) is 22.9 Å². The summed E-state index contributed by atoms with van der Waals surface area (Å²) in [5, 5.41) is 0. The molecule has 3 aliphatic rings. The highest BCUT2D eigenvalue weighted by Crippen LogP contribution is 2.46. The monoisotopic (exact) mass is 341 g/mol.